The fraction of sp³-hybridized carbons (Fsp3) is 0.846. The van der Waals surface area contributed by atoms with Crippen molar-refractivity contribution in [3.05, 3.63) is 36.8 Å². The summed E-state index contributed by atoms with van der Waals surface area (Å²) < 4.78 is 2.19. The van der Waals surface area contributed by atoms with Gasteiger partial charge in [0.05, 0.1) is 0 Å². The average molecular weight is 592 g/mol. The maximum absolute atomic E-state index is 2.55. The Labute approximate surface area is 267 Å². The van der Waals surface area contributed by atoms with E-state index in [1.807, 2.05) is 12.1 Å². The van der Waals surface area contributed by atoms with Crippen molar-refractivity contribution in [2.45, 2.75) is 181 Å². The molecule has 252 valence electrons. The zero-order chi connectivity index (χ0) is 34.2. The smallest absolute Gasteiger partial charge is 0.0355 e. The van der Waals surface area contributed by atoms with Gasteiger partial charge in [0, 0.05) is 35.6 Å². The third-order valence-electron chi connectivity index (χ3n) is 5.12. The van der Waals surface area contributed by atoms with E-state index in [-0.39, 0.29) is 5.54 Å². The molecule has 0 amide bonds. The molecule has 1 aromatic rings. The van der Waals surface area contributed by atoms with Crippen molar-refractivity contribution < 1.29 is 0 Å². The molecule has 1 fully saturated rings. The summed E-state index contributed by atoms with van der Waals surface area (Å²) in [6.45, 7) is 50.2. The van der Waals surface area contributed by atoms with Crippen molar-refractivity contribution in [2.24, 2.45) is 16.2 Å². The highest BCUT2D eigenvalue weighted by Gasteiger charge is 2.23. The Hall–Kier alpha value is -1.22. The third-order valence-corrected chi connectivity index (χ3v) is 5.12. The lowest BCUT2D eigenvalue weighted by Gasteiger charge is -2.31. The number of aromatic nitrogens is 1. The third kappa shape index (κ3) is 38.8. The molecule has 1 aromatic heterocycles. The number of hydrogen-bond acceptors (Lipinski definition) is 2. The second kappa shape index (κ2) is 19.2. The molecule has 0 bridgehead atoms. The van der Waals surface area contributed by atoms with Gasteiger partial charge in [-0.3, -0.25) is 4.90 Å². The van der Waals surface area contributed by atoms with E-state index in [2.05, 4.69) is 184 Å². The summed E-state index contributed by atoms with van der Waals surface area (Å²) in [7, 11) is 0. The van der Waals surface area contributed by atoms with Gasteiger partial charge in [0.15, 0.2) is 0 Å². The highest BCUT2D eigenvalue weighted by atomic mass is 15.2. The van der Waals surface area contributed by atoms with Crippen molar-refractivity contribution >= 4 is 0 Å². The van der Waals surface area contributed by atoms with Crippen LogP contribution in [-0.4, -0.2) is 45.1 Å². The minimum atomic E-state index is 0.240. The normalized spacial score (nSPS) is 15.9. The summed E-state index contributed by atoms with van der Waals surface area (Å²) >= 11 is 0. The van der Waals surface area contributed by atoms with E-state index in [1.165, 1.54) is 38.9 Å². The molecule has 3 rings (SSSR count). The molecule has 0 spiro atoms. The molecule has 0 aromatic carbocycles. The first-order valence-corrected chi connectivity index (χ1v) is 16.6. The first kappa shape index (κ1) is 45.2. The van der Waals surface area contributed by atoms with Crippen molar-refractivity contribution in [1.29, 1.82) is 0 Å². The average Bonchev–Trinajstić information content (AvgIpc) is 3.47. The maximum Gasteiger partial charge on any atom is 0.0355 e. The van der Waals surface area contributed by atoms with E-state index < -0.39 is 0 Å². The Morgan fingerprint density at radius 1 is 0.429 bits per heavy atom. The molecule has 3 heterocycles. The molecule has 2 aliphatic heterocycles. The van der Waals surface area contributed by atoms with Gasteiger partial charge in [-0.1, -0.05) is 89.2 Å². The van der Waals surface area contributed by atoms with Gasteiger partial charge in [0.2, 0.25) is 0 Å². The van der Waals surface area contributed by atoms with Gasteiger partial charge in [0.1, 0.15) is 0 Å². The maximum atomic E-state index is 2.55. The summed E-state index contributed by atoms with van der Waals surface area (Å²) in [4.78, 5) is 4.92. The van der Waals surface area contributed by atoms with Gasteiger partial charge in [-0.25, -0.2) is 0 Å². The van der Waals surface area contributed by atoms with Crippen LogP contribution in [0.25, 0.3) is 0 Å². The van der Waals surface area contributed by atoms with Crippen LogP contribution in [0.4, 0.5) is 0 Å². The fourth-order valence-corrected chi connectivity index (χ4v) is 3.22. The van der Waals surface area contributed by atoms with Crippen molar-refractivity contribution in [2.75, 3.05) is 19.6 Å². The van der Waals surface area contributed by atoms with Crippen LogP contribution in [0, 0.1) is 16.2 Å². The minimum absolute atomic E-state index is 0.240. The van der Waals surface area contributed by atoms with Crippen LogP contribution in [0.15, 0.2) is 36.8 Å². The Bertz CT molecular complexity index is 721. The summed E-state index contributed by atoms with van der Waals surface area (Å²) in [6, 6.07) is 4.09. The van der Waals surface area contributed by atoms with E-state index in [0.717, 1.165) is 0 Å². The van der Waals surface area contributed by atoms with Gasteiger partial charge in [0.25, 0.3) is 0 Å². The minimum Gasteiger partial charge on any atom is -0.373 e. The molecule has 0 N–H and O–H groups in total. The van der Waals surface area contributed by atoms with Crippen molar-refractivity contribution in [3.8, 4) is 0 Å². The van der Waals surface area contributed by atoms with Gasteiger partial charge in [-0.05, 0) is 129 Å². The Morgan fingerprint density at radius 3 is 0.905 bits per heavy atom. The standard InChI is InChI=1S/C8H17N.C8H15N.C8H13N.3C5H12/c3*1-8(2,3)9-6-4-5-7-9;3*1-5(2,3)4/h4-7H2,1-3H3;4,6H,5,7H2,1-3H3;4-7H,1-3H3;3*1-4H3. The quantitative estimate of drug-likeness (QED) is 0.297. The lowest BCUT2D eigenvalue weighted by atomic mass is 10.0. The number of hydrogen-bond donors (Lipinski definition) is 0. The molecule has 42 heavy (non-hydrogen) atoms. The molecule has 1 saturated heterocycles. The van der Waals surface area contributed by atoms with E-state index in [9.17, 15) is 0 Å². The molecule has 3 nitrogen and oxygen atoms in total. The van der Waals surface area contributed by atoms with Crippen LogP contribution in [0.2, 0.25) is 0 Å². The summed E-state index contributed by atoms with van der Waals surface area (Å²) in [5.41, 5.74) is 2.48. The van der Waals surface area contributed by atoms with E-state index in [4.69, 9.17) is 0 Å². The SMILES string of the molecule is CC(C)(C)C.CC(C)(C)C.CC(C)(C)C.CC(C)(C)N1C=CCC1.CC(C)(C)N1CCCC1.CC(C)(C)n1cccc1. The Balaban J connectivity index is -0.000000446. The van der Waals surface area contributed by atoms with Gasteiger partial charge >= 0.3 is 0 Å². The van der Waals surface area contributed by atoms with Crippen LogP contribution >= 0.6 is 0 Å². The van der Waals surface area contributed by atoms with Crippen LogP contribution in [0.3, 0.4) is 0 Å². The zero-order valence-electron chi connectivity index (χ0n) is 33.0. The molecule has 0 radical (unpaired) electrons. The second-order valence-corrected chi connectivity index (χ2v) is 19.7. The van der Waals surface area contributed by atoms with Crippen LogP contribution < -0.4 is 0 Å². The van der Waals surface area contributed by atoms with Crippen LogP contribution in [0.5, 0.6) is 0 Å². The summed E-state index contributed by atoms with van der Waals surface area (Å²) in [6.07, 6.45) is 12.6. The van der Waals surface area contributed by atoms with Crippen molar-refractivity contribution in [1.82, 2.24) is 14.4 Å². The van der Waals surface area contributed by atoms with E-state index in [1.54, 1.807) is 0 Å². The number of rotatable bonds is 0. The van der Waals surface area contributed by atoms with Gasteiger partial charge in [-0.15, -0.1) is 0 Å². The van der Waals surface area contributed by atoms with Crippen LogP contribution in [-0.2, 0) is 5.54 Å². The van der Waals surface area contributed by atoms with E-state index in [0.29, 0.717) is 27.3 Å². The summed E-state index contributed by atoms with van der Waals surface area (Å²) in [5, 5.41) is 0. The predicted molar refractivity (Wildman–Crippen MR) is 196 cm³/mol. The van der Waals surface area contributed by atoms with E-state index >= 15 is 0 Å². The lowest BCUT2D eigenvalue weighted by Crippen LogP contribution is -2.38. The predicted octanol–water partition coefficient (Wildman–Crippen LogP) is 12.3. The molecule has 0 unspecified atom stereocenters. The Kier molecular flexibility index (Phi) is 20.7. The molecule has 2 aliphatic rings. The van der Waals surface area contributed by atoms with Crippen LogP contribution in [0.1, 0.15) is 165 Å². The van der Waals surface area contributed by atoms with Gasteiger partial charge < -0.3 is 9.47 Å². The van der Waals surface area contributed by atoms with Crippen molar-refractivity contribution in [3.63, 3.8) is 0 Å². The monoisotopic (exact) mass is 592 g/mol. The molecular weight excluding hydrogens is 510 g/mol. The largest absolute Gasteiger partial charge is 0.373 e. The van der Waals surface area contributed by atoms with Gasteiger partial charge in [-0.2, -0.15) is 0 Å². The summed E-state index contributed by atoms with van der Waals surface area (Å²) in [5.74, 6) is 0. The molecule has 0 atom stereocenters. The second-order valence-electron chi connectivity index (χ2n) is 19.7. The first-order valence-electron chi connectivity index (χ1n) is 16.6. The molecular formula is C39H81N3. The molecule has 0 aliphatic carbocycles. The Morgan fingerprint density at radius 2 is 0.762 bits per heavy atom. The highest BCUT2D eigenvalue weighted by molar-refractivity contribution is 4.96. The molecule has 0 saturated carbocycles. The number of likely N-dealkylation sites (tertiary alicyclic amines) is 1. The zero-order valence-corrected chi connectivity index (χ0v) is 33.0. The topological polar surface area (TPSA) is 11.4 Å². The number of nitrogens with zero attached hydrogens (tertiary/aromatic N) is 3. The first-order chi connectivity index (χ1) is 18.3. The fourth-order valence-electron chi connectivity index (χ4n) is 3.22. The lowest BCUT2D eigenvalue weighted by molar-refractivity contribution is 0.175. The highest BCUT2D eigenvalue weighted by Crippen LogP contribution is 2.19. The molecule has 3 heteroatoms.